The number of anilines is 3. The van der Waals surface area contributed by atoms with E-state index >= 15 is 0 Å². The van der Waals surface area contributed by atoms with Crippen molar-refractivity contribution < 1.29 is 22.7 Å². The van der Waals surface area contributed by atoms with Gasteiger partial charge in [-0.3, -0.25) is 4.79 Å². The fraction of sp³-hybridized carbons (Fsp3) is 0.0800. The molecule has 2 heterocycles. The van der Waals surface area contributed by atoms with Gasteiger partial charge in [-0.1, -0.05) is 35.4 Å². The molecule has 0 bridgehead atoms. The van der Waals surface area contributed by atoms with E-state index < -0.39 is 15.6 Å². The van der Waals surface area contributed by atoms with Crippen LogP contribution in [-0.2, 0) is 9.84 Å². The Morgan fingerprint density at radius 3 is 2.51 bits per heavy atom. The quantitative estimate of drug-likeness (QED) is 0.304. The van der Waals surface area contributed by atoms with Crippen molar-refractivity contribution in [3.63, 3.8) is 0 Å². The number of nitrogens with two attached hydrogens (primary N) is 1. The zero-order chi connectivity index (χ0) is 24.7. The third kappa shape index (κ3) is 4.34. The normalized spacial score (nSPS) is 12.5. The average Bonchev–Trinajstić information content (AvgIpc) is 3.42. The summed E-state index contributed by atoms with van der Waals surface area (Å²) in [7, 11) is -4.06. The second kappa shape index (κ2) is 8.92. The van der Waals surface area contributed by atoms with Gasteiger partial charge in [0.2, 0.25) is 22.4 Å². The average molecular weight is 527 g/mol. The van der Waals surface area contributed by atoms with Gasteiger partial charge >= 0.3 is 0 Å². The Balaban J connectivity index is 1.64. The summed E-state index contributed by atoms with van der Waals surface area (Å²) in [6.45, 7) is 1.93. The number of sulfone groups is 1. The summed E-state index contributed by atoms with van der Waals surface area (Å²) in [5.41, 5.74) is 8.03. The van der Waals surface area contributed by atoms with Gasteiger partial charge in [0, 0.05) is 16.3 Å². The van der Waals surface area contributed by atoms with Crippen LogP contribution >= 0.6 is 22.9 Å². The van der Waals surface area contributed by atoms with Crippen LogP contribution in [0, 0.1) is 6.92 Å². The summed E-state index contributed by atoms with van der Waals surface area (Å²) < 4.78 is 38.0. The largest absolute Gasteiger partial charge is 0.454 e. The number of benzene rings is 3. The number of rotatable bonds is 6. The monoisotopic (exact) mass is 526 g/mol. The van der Waals surface area contributed by atoms with E-state index in [2.05, 4.69) is 5.32 Å². The van der Waals surface area contributed by atoms with E-state index in [1.807, 2.05) is 6.92 Å². The molecular formula is C25H19ClN2O5S2. The molecule has 0 fully saturated rings. The van der Waals surface area contributed by atoms with Crippen molar-refractivity contribution >= 4 is 54.9 Å². The number of aryl methyl sites for hydroxylation is 1. The van der Waals surface area contributed by atoms with Gasteiger partial charge in [-0.05, 0) is 55.5 Å². The van der Waals surface area contributed by atoms with E-state index in [1.54, 1.807) is 54.6 Å². The Kier molecular flexibility index (Phi) is 5.92. The highest BCUT2D eigenvalue weighted by atomic mass is 35.5. The molecule has 0 saturated heterocycles. The van der Waals surface area contributed by atoms with Crippen LogP contribution in [0.3, 0.4) is 0 Å². The number of ketones is 1. The first-order chi connectivity index (χ1) is 16.7. The van der Waals surface area contributed by atoms with Crippen molar-refractivity contribution in [2.24, 2.45) is 0 Å². The molecular weight excluding hydrogens is 508 g/mol. The Labute approximate surface area is 211 Å². The number of thiophene rings is 1. The molecule has 0 aliphatic carbocycles. The number of nitrogens with one attached hydrogen (secondary N) is 1. The Bertz CT molecular complexity index is 1560. The van der Waals surface area contributed by atoms with Crippen molar-refractivity contribution in [3.05, 3.63) is 87.8 Å². The molecule has 35 heavy (non-hydrogen) atoms. The molecule has 1 aliphatic heterocycles. The smallest absolute Gasteiger partial charge is 0.231 e. The van der Waals surface area contributed by atoms with Crippen LogP contribution in [0.4, 0.5) is 16.4 Å². The second-order valence-corrected chi connectivity index (χ2v) is 11.2. The summed E-state index contributed by atoms with van der Waals surface area (Å²) in [4.78, 5) is 13.4. The predicted molar refractivity (Wildman–Crippen MR) is 136 cm³/mol. The lowest BCUT2D eigenvalue weighted by molar-refractivity contribution is 0.104. The van der Waals surface area contributed by atoms with Crippen molar-refractivity contribution in [2.45, 2.75) is 16.7 Å². The van der Waals surface area contributed by atoms with E-state index in [-0.39, 0.29) is 32.1 Å². The molecule has 3 N–H and O–H groups in total. The van der Waals surface area contributed by atoms with Crippen molar-refractivity contribution in [1.29, 1.82) is 0 Å². The third-order valence-electron chi connectivity index (χ3n) is 5.42. The summed E-state index contributed by atoms with van der Waals surface area (Å²) >= 11 is 7.08. The van der Waals surface area contributed by atoms with E-state index in [0.29, 0.717) is 27.8 Å². The lowest BCUT2D eigenvalue weighted by atomic mass is 10.1. The van der Waals surface area contributed by atoms with Crippen molar-refractivity contribution in [1.82, 2.24) is 0 Å². The van der Waals surface area contributed by atoms with Gasteiger partial charge in [-0.2, -0.15) is 0 Å². The van der Waals surface area contributed by atoms with Crippen LogP contribution in [0.15, 0.2) is 76.5 Å². The summed E-state index contributed by atoms with van der Waals surface area (Å²) in [5.74, 6) is 0.549. The van der Waals surface area contributed by atoms with Crippen LogP contribution < -0.4 is 20.5 Å². The van der Waals surface area contributed by atoms with Crippen molar-refractivity contribution in [3.8, 4) is 11.5 Å². The zero-order valence-electron chi connectivity index (χ0n) is 18.4. The van der Waals surface area contributed by atoms with Crippen LogP contribution in [0.2, 0.25) is 5.02 Å². The van der Waals surface area contributed by atoms with Gasteiger partial charge in [0.1, 0.15) is 14.8 Å². The van der Waals surface area contributed by atoms with Crippen LogP contribution in [0.25, 0.3) is 0 Å². The lowest BCUT2D eigenvalue weighted by Gasteiger charge is -2.10. The SMILES string of the molecule is Cc1ccc(S(=O)(=O)c2c(Nc3cccc(Cl)c3)sc(C(=O)c3ccc4c(c3)OCO4)c2N)cc1. The maximum Gasteiger partial charge on any atom is 0.231 e. The fourth-order valence-corrected chi connectivity index (χ4v) is 6.77. The maximum absolute atomic E-state index is 13.7. The number of nitrogen functional groups attached to an aromatic ring is 1. The van der Waals surface area contributed by atoms with Gasteiger partial charge in [0.15, 0.2) is 11.5 Å². The van der Waals surface area contributed by atoms with Gasteiger partial charge < -0.3 is 20.5 Å². The molecule has 4 aromatic rings. The number of halogens is 1. The Morgan fingerprint density at radius 2 is 1.77 bits per heavy atom. The molecule has 0 atom stereocenters. The standard InChI is InChI=1S/C25H19ClN2O5S2/c1-14-5-8-18(9-6-14)35(30,31)24-21(27)23(34-25(24)28-17-4-2-3-16(26)12-17)22(29)15-7-10-19-20(11-15)33-13-32-19/h2-12,28H,13,27H2,1H3. The second-order valence-electron chi connectivity index (χ2n) is 7.85. The molecule has 1 aromatic heterocycles. The van der Waals surface area contributed by atoms with E-state index in [1.165, 1.54) is 12.1 Å². The molecule has 5 rings (SSSR count). The molecule has 0 radical (unpaired) electrons. The molecule has 10 heteroatoms. The predicted octanol–water partition coefficient (Wildman–Crippen LogP) is 5.83. The molecule has 7 nitrogen and oxygen atoms in total. The number of fused-ring (bicyclic) bond motifs is 1. The number of hydrogen-bond acceptors (Lipinski definition) is 8. The summed E-state index contributed by atoms with van der Waals surface area (Å²) in [6, 6.07) is 18.1. The minimum absolute atomic E-state index is 0.0702. The number of carbonyl (C=O) groups is 1. The van der Waals surface area contributed by atoms with Gasteiger partial charge in [0.05, 0.1) is 10.6 Å². The van der Waals surface area contributed by atoms with E-state index in [4.69, 9.17) is 26.8 Å². The molecule has 0 amide bonds. The lowest BCUT2D eigenvalue weighted by Crippen LogP contribution is -2.08. The molecule has 1 aliphatic rings. The molecule has 178 valence electrons. The highest BCUT2D eigenvalue weighted by molar-refractivity contribution is 7.92. The van der Waals surface area contributed by atoms with Crippen LogP contribution in [0.1, 0.15) is 20.8 Å². The molecule has 0 saturated carbocycles. The number of hydrogen-bond donors (Lipinski definition) is 2. The van der Waals surface area contributed by atoms with Gasteiger partial charge in [0.25, 0.3) is 0 Å². The topological polar surface area (TPSA) is 108 Å². The molecule has 0 unspecified atom stereocenters. The summed E-state index contributed by atoms with van der Waals surface area (Å²) in [5, 5.41) is 3.78. The third-order valence-corrected chi connectivity index (χ3v) is 8.76. The summed E-state index contributed by atoms with van der Waals surface area (Å²) in [6.07, 6.45) is 0. The molecule has 3 aromatic carbocycles. The van der Waals surface area contributed by atoms with E-state index in [9.17, 15) is 13.2 Å². The highest BCUT2D eigenvalue weighted by Crippen LogP contribution is 2.44. The van der Waals surface area contributed by atoms with Crippen molar-refractivity contribution in [2.75, 3.05) is 17.8 Å². The molecule has 0 spiro atoms. The fourth-order valence-electron chi connectivity index (χ4n) is 3.65. The van der Waals surface area contributed by atoms with Crippen LogP contribution in [-0.4, -0.2) is 21.0 Å². The Hall–Kier alpha value is -3.53. The number of carbonyl (C=O) groups excluding carboxylic acids is 1. The first-order valence-corrected chi connectivity index (χ1v) is 13.1. The first-order valence-electron chi connectivity index (χ1n) is 10.4. The van der Waals surface area contributed by atoms with Gasteiger partial charge in [-0.15, -0.1) is 11.3 Å². The minimum atomic E-state index is -4.06. The zero-order valence-corrected chi connectivity index (χ0v) is 20.8. The maximum atomic E-state index is 13.7. The number of ether oxygens (including phenoxy) is 2. The highest BCUT2D eigenvalue weighted by Gasteiger charge is 2.32. The first kappa shape index (κ1) is 23.2. The minimum Gasteiger partial charge on any atom is -0.454 e. The van der Waals surface area contributed by atoms with Gasteiger partial charge in [-0.25, -0.2) is 8.42 Å². The van der Waals surface area contributed by atoms with Crippen LogP contribution in [0.5, 0.6) is 11.5 Å². The Morgan fingerprint density at radius 1 is 1.03 bits per heavy atom. The van der Waals surface area contributed by atoms with E-state index in [0.717, 1.165) is 16.9 Å².